The normalized spacial score (nSPS) is 25.4. The standard InChI is InChI=1S/C22H36O5/c1-4-5-14-22(2,26)15-10-12-18-17(19(23)16-20(18)24)11-8-6-7-9-13-21(25)27-3/h6-7,10,12,17-18,20,24,26H,4-5,8-9,11,13-16H2,1-3H3/b7-6+,12-10+/t17-,18-,20-,22?/m0/s1. The number of rotatable bonds is 12. The molecule has 0 aliphatic heterocycles. The van der Waals surface area contributed by atoms with Crippen LogP contribution in [0.25, 0.3) is 0 Å². The minimum atomic E-state index is -0.738. The van der Waals surface area contributed by atoms with Crippen LogP contribution in [-0.4, -0.2) is 40.8 Å². The molecule has 5 nitrogen and oxygen atoms in total. The Hall–Kier alpha value is -1.46. The Balaban J connectivity index is 2.49. The molecule has 0 spiro atoms. The number of methoxy groups -OCH3 is 1. The number of carbonyl (C=O) groups excluding carboxylic acids is 2. The topological polar surface area (TPSA) is 83.8 Å². The molecule has 0 radical (unpaired) electrons. The van der Waals surface area contributed by atoms with Gasteiger partial charge in [0.05, 0.1) is 18.8 Å². The Kier molecular flexibility index (Phi) is 10.6. The fourth-order valence-electron chi connectivity index (χ4n) is 3.55. The fraction of sp³-hybridized carbons (Fsp3) is 0.727. The summed E-state index contributed by atoms with van der Waals surface area (Å²) in [6, 6.07) is 0. The molecule has 1 rings (SSSR count). The summed E-state index contributed by atoms with van der Waals surface area (Å²) in [5.41, 5.74) is -0.738. The van der Waals surface area contributed by atoms with E-state index in [9.17, 15) is 19.8 Å². The second-order valence-electron chi connectivity index (χ2n) is 7.82. The number of ether oxygens (including phenoxy) is 1. The molecule has 0 bridgehead atoms. The number of esters is 1. The van der Waals surface area contributed by atoms with Gasteiger partial charge in [0, 0.05) is 24.7 Å². The number of carbonyl (C=O) groups is 2. The summed E-state index contributed by atoms with van der Waals surface area (Å²) in [4.78, 5) is 23.3. The average Bonchev–Trinajstić information content (AvgIpc) is 2.89. The van der Waals surface area contributed by atoms with E-state index in [4.69, 9.17) is 0 Å². The monoisotopic (exact) mass is 380 g/mol. The maximum absolute atomic E-state index is 12.2. The molecule has 154 valence electrons. The largest absolute Gasteiger partial charge is 0.469 e. The van der Waals surface area contributed by atoms with Crippen molar-refractivity contribution in [1.82, 2.24) is 0 Å². The molecule has 1 unspecified atom stereocenters. The number of aliphatic hydroxyl groups excluding tert-OH is 1. The van der Waals surface area contributed by atoms with E-state index in [1.54, 1.807) is 0 Å². The van der Waals surface area contributed by atoms with E-state index in [1.807, 2.05) is 31.2 Å². The van der Waals surface area contributed by atoms with E-state index in [1.165, 1.54) is 7.11 Å². The molecule has 0 aromatic rings. The molecule has 1 aliphatic rings. The molecule has 2 N–H and O–H groups in total. The highest BCUT2D eigenvalue weighted by molar-refractivity contribution is 5.84. The highest BCUT2D eigenvalue weighted by Gasteiger charge is 2.39. The number of hydrogen-bond acceptors (Lipinski definition) is 5. The maximum atomic E-state index is 12.2. The van der Waals surface area contributed by atoms with Gasteiger partial charge in [0.25, 0.3) is 0 Å². The zero-order valence-electron chi connectivity index (χ0n) is 17.0. The zero-order valence-corrected chi connectivity index (χ0v) is 17.0. The molecule has 0 saturated heterocycles. The van der Waals surface area contributed by atoms with Crippen LogP contribution in [0.15, 0.2) is 24.3 Å². The number of allylic oxidation sites excluding steroid dienone is 2. The molecular formula is C22H36O5. The van der Waals surface area contributed by atoms with E-state index in [0.29, 0.717) is 25.7 Å². The van der Waals surface area contributed by atoms with Crippen LogP contribution in [0.1, 0.15) is 71.6 Å². The van der Waals surface area contributed by atoms with Crippen LogP contribution in [0, 0.1) is 11.8 Å². The Bertz CT molecular complexity index is 521. The van der Waals surface area contributed by atoms with Crippen LogP contribution < -0.4 is 0 Å². The van der Waals surface area contributed by atoms with Crippen molar-refractivity contribution >= 4 is 11.8 Å². The fourth-order valence-corrected chi connectivity index (χ4v) is 3.55. The first-order valence-corrected chi connectivity index (χ1v) is 10.1. The molecule has 0 heterocycles. The van der Waals surface area contributed by atoms with Gasteiger partial charge >= 0.3 is 5.97 Å². The molecule has 4 atom stereocenters. The third-order valence-corrected chi connectivity index (χ3v) is 5.27. The van der Waals surface area contributed by atoms with Crippen LogP contribution in [-0.2, 0) is 14.3 Å². The Labute approximate surface area is 163 Å². The molecule has 1 fully saturated rings. The lowest BCUT2D eigenvalue weighted by Crippen LogP contribution is -2.23. The Morgan fingerprint density at radius 1 is 1.30 bits per heavy atom. The van der Waals surface area contributed by atoms with Gasteiger partial charge in [0.15, 0.2) is 0 Å². The second kappa shape index (κ2) is 12.1. The van der Waals surface area contributed by atoms with Crippen LogP contribution >= 0.6 is 0 Å². The Morgan fingerprint density at radius 3 is 2.67 bits per heavy atom. The van der Waals surface area contributed by atoms with Crippen LogP contribution in [0.3, 0.4) is 0 Å². The summed E-state index contributed by atoms with van der Waals surface area (Å²) in [5, 5.41) is 20.6. The van der Waals surface area contributed by atoms with Gasteiger partial charge in [0.1, 0.15) is 5.78 Å². The summed E-state index contributed by atoms with van der Waals surface area (Å²) in [7, 11) is 1.37. The maximum Gasteiger partial charge on any atom is 0.305 e. The van der Waals surface area contributed by atoms with E-state index >= 15 is 0 Å². The number of hydrogen-bond donors (Lipinski definition) is 2. The summed E-state index contributed by atoms with van der Waals surface area (Å²) in [6.45, 7) is 3.93. The SMILES string of the molecule is CCCCC(C)(O)C/C=C/[C@H]1[C@H](CC/C=C/CCC(=O)OC)C(=O)C[C@@H]1O. The minimum absolute atomic E-state index is 0.109. The summed E-state index contributed by atoms with van der Waals surface area (Å²) in [5.74, 6) is -0.475. The number of unbranched alkanes of at least 4 members (excludes halogenated alkanes) is 1. The third-order valence-electron chi connectivity index (χ3n) is 5.27. The smallest absolute Gasteiger partial charge is 0.305 e. The summed E-state index contributed by atoms with van der Waals surface area (Å²) >= 11 is 0. The van der Waals surface area contributed by atoms with Crippen LogP contribution in [0.4, 0.5) is 0 Å². The van der Waals surface area contributed by atoms with Crippen molar-refractivity contribution in [3.05, 3.63) is 24.3 Å². The molecular weight excluding hydrogens is 344 g/mol. The van der Waals surface area contributed by atoms with Gasteiger partial charge in [-0.25, -0.2) is 0 Å². The van der Waals surface area contributed by atoms with Crippen LogP contribution in [0.5, 0.6) is 0 Å². The average molecular weight is 381 g/mol. The molecule has 1 saturated carbocycles. The van der Waals surface area contributed by atoms with Crippen molar-refractivity contribution in [2.24, 2.45) is 11.8 Å². The van der Waals surface area contributed by atoms with Crippen molar-refractivity contribution in [2.75, 3.05) is 7.11 Å². The summed E-state index contributed by atoms with van der Waals surface area (Å²) in [6.07, 6.45) is 13.0. The highest BCUT2D eigenvalue weighted by atomic mass is 16.5. The highest BCUT2D eigenvalue weighted by Crippen LogP contribution is 2.34. The number of aliphatic hydroxyl groups is 2. The molecule has 5 heteroatoms. The van der Waals surface area contributed by atoms with Gasteiger partial charge in [-0.2, -0.15) is 0 Å². The predicted molar refractivity (Wildman–Crippen MR) is 106 cm³/mol. The van der Waals surface area contributed by atoms with E-state index < -0.39 is 11.7 Å². The number of ketones is 1. The first-order valence-electron chi connectivity index (χ1n) is 10.1. The second-order valence-corrected chi connectivity index (χ2v) is 7.82. The summed E-state index contributed by atoms with van der Waals surface area (Å²) < 4.78 is 4.59. The van der Waals surface area contributed by atoms with Crippen molar-refractivity contribution in [2.45, 2.75) is 83.3 Å². The minimum Gasteiger partial charge on any atom is -0.469 e. The van der Waals surface area contributed by atoms with Crippen LogP contribution in [0.2, 0.25) is 0 Å². The van der Waals surface area contributed by atoms with Gasteiger partial charge in [-0.1, -0.05) is 44.1 Å². The third kappa shape index (κ3) is 8.85. The van der Waals surface area contributed by atoms with Gasteiger partial charge < -0.3 is 14.9 Å². The van der Waals surface area contributed by atoms with Gasteiger partial charge in [-0.05, 0) is 39.0 Å². The molecule has 0 aromatic heterocycles. The molecule has 27 heavy (non-hydrogen) atoms. The van der Waals surface area contributed by atoms with Gasteiger partial charge in [-0.3, -0.25) is 9.59 Å². The van der Waals surface area contributed by atoms with E-state index in [0.717, 1.165) is 25.7 Å². The van der Waals surface area contributed by atoms with Crippen molar-refractivity contribution in [3.63, 3.8) is 0 Å². The first-order chi connectivity index (χ1) is 12.8. The van der Waals surface area contributed by atoms with E-state index in [-0.39, 0.29) is 30.0 Å². The lowest BCUT2D eigenvalue weighted by atomic mass is 9.88. The van der Waals surface area contributed by atoms with Crippen molar-refractivity contribution in [1.29, 1.82) is 0 Å². The van der Waals surface area contributed by atoms with Gasteiger partial charge in [0.2, 0.25) is 0 Å². The zero-order chi connectivity index (χ0) is 20.3. The lowest BCUT2D eigenvalue weighted by Gasteiger charge is -2.22. The lowest BCUT2D eigenvalue weighted by molar-refractivity contribution is -0.140. The first kappa shape index (κ1) is 23.6. The van der Waals surface area contributed by atoms with E-state index in [2.05, 4.69) is 11.7 Å². The molecule has 0 amide bonds. The molecule has 1 aliphatic carbocycles. The van der Waals surface area contributed by atoms with Gasteiger partial charge in [-0.15, -0.1) is 0 Å². The number of Topliss-reactive ketones (excluding diaryl/α,β-unsaturated/α-hetero) is 1. The quantitative estimate of drug-likeness (QED) is 0.398. The van der Waals surface area contributed by atoms with Crippen molar-refractivity contribution < 1.29 is 24.5 Å². The van der Waals surface area contributed by atoms with Crippen molar-refractivity contribution in [3.8, 4) is 0 Å². The Morgan fingerprint density at radius 2 is 2.00 bits per heavy atom. The molecule has 0 aromatic carbocycles. The predicted octanol–water partition coefficient (Wildman–Crippen LogP) is 3.73.